The zero-order valence-corrected chi connectivity index (χ0v) is 22.6. The predicted octanol–water partition coefficient (Wildman–Crippen LogP) is 11.3. The second-order valence-corrected chi connectivity index (χ2v) is 11.3. The van der Waals surface area contributed by atoms with E-state index in [4.69, 9.17) is 4.42 Å². The summed E-state index contributed by atoms with van der Waals surface area (Å²) >= 11 is 0. The third kappa shape index (κ3) is 2.83. The quantitative estimate of drug-likeness (QED) is 0.192. The molecular formula is C40H23NO. The van der Waals surface area contributed by atoms with Gasteiger partial charge in [0.1, 0.15) is 11.2 Å². The molecule has 2 heteroatoms. The molecule has 42 heavy (non-hydrogen) atoms. The average Bonchev–Trinajstić information content (AvgIpc) is 3.59. The molecule has 0 fully saturated rings. The number of aromatic nitrogens is 1. The zero-order chi connectivity index (χ0) is 27.4. The first-order valence-corrected chi connectivity index (χ1v) is 14.4. The third-order valence-electron chi connectivity index (χ3n) is 9.13. The topological polar surface area (TPSA) is 18.1 Å². The highest BCUT2D eigenvalue weighted by atomic mass is 16.3. The highest BCUT2D eigenvalue weighted by Gasteiger charge is 2.19. The van der Waals surface area contributed by atoms with Crippen molar-refractivity contribution in [3.8, 4) is 5.69 Å². The van der Waals surface area contributed by atoms with Crippen LogP contribution in [0, 0.1) is 0 Å². The van der Waals surface area contributed by atoms with Gasteiger partial charge in [-0.2, -0.15) is 0 Å². The molecule has 0 aliphatic heterocycles. The molecule has 8 aromatic carbocycles. The molecule has 0 spiro atoms. The van der Waals surface area contributed by atoms with Gasteiger partial charge in [0.05, 0.1) is 11.0 Å². The first-order chi connectivity index (χ1) is 20.8. The van der Waals surface area contributed by atoms with E-state index in [0.717, 1.165) is 27.6 Å². The van der Waals surface area contributed by atoms with E-state index in [1.807, 2.05) is 12.1 Å². The van der Waals surface area contributed by atoms with Crippen LogP contribution in [0.3, 0.4) is 0 Å². The summed E-state index contributed by atoms with van der Waals surface area (Å²) < 4.78 is 8.68. The van der Waals surface area contributed by atoms with E-state index in [1.165, 1.54) is 64.9 Å². The first-order valence-electron chi connectivity index (χ1n) is 14.4. The molecular weight excluding hydrogens is 510 g/mol. The summed E-state index contributed by atoms with van der Waals surface area (Å²) in [5, 5.41) is 15.0. The fraction of sp³-hybridized carbons (Fsp3) is 0. The Bertz CT molecular complexity index is 2740. The molecule has 0 aliphatic rings. The molecule has 2 heterocycles. The van der Waals surface area contributed by atoms with Gasteiger partial charge in [0, 0.05) is 32.6 Å². The van der Waals surface area contributed by atoms with Crippen LogP contribution in [-0.2, 0) is 0 Å². The molecule has 0 amide bonds. The highest BCUT2D eigenvalue weighted by molar-refractivity contribution is 6.30. The number of fused-ring (bicyclic) bond motifs is 14. The van der Waals surface area contributed by atoms with Gasteiger partial charge in [-0.15, -0.1) is 0 Å². The van der Waals surface area contributed by atoms with Crippen LogP contribution in [0.25, 0.3) is 92.5 Å². The van der Waals surface area contributed by atoms with Crippen LogP contribution in [0.15, 0.2) is 144 Å². The number of hydrogen-bond acceptors (Lipinski definition) is 1. The Labute approximate surface area is 240 Å². The second-order valence-electron chi connectivity index (χ2n) is 11.3. The van der Waals surface area contributed by atoms with Gasteiger partial charge >= 0.3 is 0 Å². The summed E-state index contributed by atoms with van der Waals surface area (Å²) in [6, 6.07) is 50.7. The fourth-order valence-electron chi connectivity index (χ4n) is 7.30. The van der Waals surface area contributed by atoms with E-state index < -0.39 is 0 Å². The Morgan fingerprint density at radius 3 is 1.71 bits per heavy atom. The van der Waals surface area contributed by atoms with Crippen LogP contribution in [0.5, 0.6) is 0 Å². The molecule has 2 nitrogen and oxygen atoms in total. The van der Waals surface area contributed by atoms with Crippen molar-refractivity contribution in [2.24, 2.45) is 0 Å². The van der Waals surface area contributed by atoms with Crippen LogP contribution in [-0.4, -0.2) is 4.57 Å². The summed E-state index contributed by atoms with van der Waals surface area (Å²) in [5.74, 6) is 0. The molecule has 0 bridgehead atoms. The summed E-state index contributed by atoms with van der Waals surface area (Å²) in [6.07, 6.45) is 0. The van der Waals surface area contributed by atoms with Crippen molar-refractivity contribution in [3.05, 3.63) is 140 Å². The normalized spacial score (nSPS) is 12.3. The maximum Gasteiger partial charge on any atom is 0.135 e. The summed E-state index contributed by atoms with van der Waals surface area (Å²) in [7, 11) is 0. The number of benzene rings is 8. The van der Waals surface area contributed by atoms with Gasteiger partial charge in [-0.3, -0.25) is 0 Å². The van der Waals surface area contributed by atoms with Crippen LogP contribution in [0.4, 0.5) is 0 Å². The van der Waals surface area contributed by atoms with E-state index in [9.17, 15) is 0 Å². The van der Waals surface area contributed by atoms with Crippen LogP contribution in [0.1, 0.15) is 0 Å². The molecule has 10 rings (SSSR count). The Kier molecular flexibility index (Phi) is 4.21. The van der Waals surface area contributed by atoms with Crippen LogP contribution in [0.2, 0.25) is 0 Å². The number of hydrogen-bond donors (Lipinski definition) is 0. The van der Waals surface area contributed by atoms with Crippen molar-refractivity contribution in [2.45, 2.75) is 0 Å². The average molecular weight is 534 g/mol. The van der Waals surface area contributed by atoms with E-state index in [1.54, 1.807) is 0 Å². The molecule has 0 saturated carbocycles. The van der Waals surface area contributed by atoms with Gasteiger partial charge < -0.3 is 8.98 Å². The van der Waals surface area contributed by atoms with Gasteiger partial charge in [0.2, 0.25) is 0 Å². The standard InChI is InChI=1S/C40H23NO/c1-2-10-26-24(9-1)17-19-32-35-22-33-29-13-5-3-11-27(29)28-12-4-6-14-30(28)34(33)23-37(35)41(40(26)32)25-18-20-39-36(21-25)31-15-7-8-16-38(31)42-39/h1-23H. The molecule has 0 unspecified atom stereocenters. The summed E-state index contributed by atoms with van der Waals surface area (Å²) in [5.41, 5.74) is 5.41. The largest absolute Gasteiger partial charge is 0.456 e. The summed E-state index contributed by atoms with van der Waals surface area (Å²) in [6.45, 7) is 0. The molecule has 0 saturated heterocycles. The summed E-state index contributed by atoms with van der Waals surface area (Å²) in [4.78, 5) is 0. The smallest absolute Gasteiger partial charge is 0.135 e. The minimum atomic E-state index is 0.911. The molecule has 0 radical (unpaired) electrons. The number of nitrogens with zero attached hydrogens (tertiary/aromatic N) is 1. The molecule has 2 aromatic heterocycles. The minimum absolute atomic E-state index is 0.911. The van der Waals surface area contributed by atoms with Gasteiger partial charge in [-0.05, 0) is 74.1 Å². The van der Waals surface area contributed by atoms with E-state index in [-0.39, 0.29) is 0 Å². The fourth-order valence-corrected chi connectivity index (χ4v) is 7.30. The number of rotatable bonds is 1. The van der Waals surface area contributed by atoms with Crippen LogP contribution >= 0.6 is 0 Å². The maximum atomic E-state index is 6.21. The van der Waals surface area contributed by atoms with Gasteiger partial charge in [0.15, 0.2) is 0 Å². The van der Waals surface area contributed by atoms with Crippen LogP contribution < -0.4 is 0 Å². The lowest BCUT2D eigenvalue weighted by atomic mass is 9.93. The van der Waals surface area contributed by atoms with Crippen molar-refractivity contribution in [1.82, 2.24) is 4.57 Å². The van der Waals surface area contributed by atoms with Crippen molar-refractivity contribution >= 4 is 86.8 Å². The lowest BCUT2D eigenvalue weighted by molar-refractivity contribution is 0.669. The molecule has 194 valence electrons. The van der Waals surface area contributed by atoms with E-state index >= 15 is 0 Å². The van der Waals surface area contributed by atoms with Gasteiger partial charge in [-0.25, -0.2) is 0 Å². The third-order valence-corrected chi connectivity index (χ3v) is 9.13. The van der Waals surface area contributed by atoms with Gasteiger partial charge in [0.25, 0.3) is 0 Å². The maximum absolute atomic E-state index is 6.21. The van der Waals surface area contributed by atoms with Gasteiger partial charge in [-0.1, -0.05) is 103 Å². The van der Waals surface area contributed by atoms with E-state index in [0.29, 0.717) is 0 Å². The first kappa shape index (κ1) is 22.1. The van der Waals surface area contributed by atoms with Crippen molar-refractivity contribution in [3.63, 3.8) is 0 Å². The lowest BCUT2D eigenvalue weighted by Gasteiger charge is -2.13. The molecule has 0 N–H and O–H groups in total. The monoisotopic (exact) mass is 533 g/mol. The van der Waals surface area contributed by atoms with E-state index in [2.05, 4.69) is 132 Å². The molecule has 0 aliphatic carbocycles. The molecule has 0 atom stereocenters. The second kappa shape index (κ2) is 7.99. The number of para-hydroxylation sites is 1. The Morgan fingerprint density at radius 2 is 0.952 bits per heavy atom. The molecule has 10 aromatic rings. The number of furan rings is 1. The zero-order valence-electron chi connectivity index (χ0n) is 22.6. The Balaban J connectivity index is 1.44. The van der Waals surface area contributed by atoms with Crippen molar-refractivity contribution in [1.29, 1.82) is 0 Å². The Hall–Kier alpha value is -5.60. The predicted molar refractivity (Wildman–Crippen MR) is 178 cm³/mol. The highest BCUT2D eigenvalue weighted by Crippen LogP contribution is 2.43. The lowest BCUT2D eigenvalue weighted by Crippen LogP contribution is -1.94. The minimum Gasteiger partial charge on any atom is -0.456 e. The van der Waals surface area contributed by atoms with Crippen molar-refractivity contribution < 1.29 is 4.42 Å². The van der Waals surface area contributed by atoms with Crippen molar-refractivity contribution in [2.75, 3.05) is 0 Å². The Morgan fingerprint density at radius 1 is 0.357 bits per heavy atom. The SMILES string of the molecule is c1ccc2c(c1)ccc1c3cc4c5ccccc5c5ccccc5c4cc3n(-c3ccc4oc5ccccc5c4c3)c21.